The van der Waals surface area contributed by atoms with Crippen molar-refractivity contribution < 1.29 is 23.9 Å². The zero-order chi connectivity index (χ0) is 18.9. The number of imide groups is 1. The summed E-state index contributed by atoms with van der Waals surface area (Å²) >= 11 is 0. The van der Waals surface area contributed by atoms with Gasteiger partial charge in [0, 0.05) is 13.1 Å². The monoisotopic (exact) mass is 365 g/mol. The lowest BCUT2D eigenvalue weighted by atomic mass is 9.92. The van der Waals surface area contributed by atoms with Crippen LogP contribution in [0.4, 0.5) is 4.79 Å². The van der Waals surface area contributed by atoms with E-state index in [2.05, 4.69) is 19.2 Å². The topological polar surface area (TPSA) is 96.0 Å². The highest BCUT2D eigenvalue weighted by molar-refractivity contribution is 6.08. The summed E-state index contributed by atoms with van der Waals surface area (Å²) < 4.78 is 5.03. The number of piperidine rings is 1. The van der Waals surface area contributed by atoms with Gasteiger partial charge in [0.2, 0.25) is 0 Å². The van der Waals surface area contributed by atoms with E-state index < -0.39 is 24.1 Å². The van der Waals surface area contributed by atoms with E-state index in [9.17, 15) is 19.2 Å². The number of nitrogens with one attached hydrogen (secondary N) is 1. The molecule has 8 heteroatoms. The Labute approximate surface area is 153 Å². The van der Waals surface area contributed by atoms with E-state index >= 15 is 0 Å². The van der Waals surface area contributed by atoms with Crippen molar-refractivity contribution in [2.24, 2.45) is 11.8 Å². The highest BCUT2D eigenvalue weighted by Gasteiger charge is 2.52. The Morgan fingerprint density at radius 2 is 1.77 bits per heavy atom. The maximum Gasteiger partial charge on any atom is 0.326 e. The summed E-state index contributed by atoms with van der Waals surface area (Å²) in [5.74, 6) is -0.489. The van der Waals surface area contributed by atoms with Crippen molar-refractivity contribution in [2.75, 3.05) is 26.2 Å². The molecule has 144 valence electrons. The van der Waals surface area contributed by atoms with Crippen LogP contribution in [0, 0.1) is 11.8 Å². The summed E-state index contributed by atoms with van der Waals surface area (Å²) in [6, 6.07) is -0.557. The largest absolute Gasteiger partial charge is 0.454 e. The lowest BCUT2D eigenvalue weighted by molar-refractivity contribution is -0.154. The van der Waals surface area contributed by atoms with Gasteiger partial charge in [0.05, 0.1) is 0 Å². The van der Waals surface area contributed by atoms with E-state index in [4.69, 9.17) is 4.74 Å². The fourth-order valence-corrected chi connectivity index (χ4v) is 4.41. The average molecular weight is 365 g/mol. The molecule has 0 unspecified atom stereocenters. The van der Waals surface area contributed by atoms with Gasteiger partial charge >= 0.3 is 12.0 Å². The van der Waals surface area contributed by atoms with Gasteiger partial charge in [-0.15, -0.1) is 0 Å². The molecule has 4 amide bonds. The summed E-state index contributed by atoms with van der Waals surface area (Å²) in [6.45, 7) is 4.71. The Morgan fingerprint density at radius 3 is 2.38 bits per heavy atom. The predicted octanol–water partition coefficient (Wildman–Crippen LogP) is 0.899. The van der Waals surface area contributed by atoms with Crippen molar-refractivity contribution in [1.29, 1.82) is 0 Å². The predicted molar refractivity (Wildman–Crippen MR) is 91.9 cm³/mol. The molecule has 2 heterocycles. The van der Waals surface area contributed by atoms with Crippen LogP contribution in [0.5, 0.6) is 0 Å². The van der Waals surface area contributed by atoms with Crippen LogP contribution in [0.2, 0.25) is 0 Å². The molecule has 3 fully saturated rings. The lowest BCUT2D eigenvalue weighted by Gasteiger charge is -2.34. The van der Waals surface area contributed by atoms with Gasteiger partial charge in [0.25, 0.3) is 11.8 Å². The lowest BCUT2D eigenvalue weighted by Crippen LogP contribution is -2.45. The molecule has 26 heavy (non-hydrogen) atoms. The summed E-state index contributed by atoms with van der Waals surface area (Å²) in [4.78, 5) is 51.5. The number of carbonyl (C=O) groups excluding carboxylic acids is 4. The molecule has 0 aromatic carbocycles. The summed E-state index contributed by atoms with van der Waals surface area (Å²) in [5.41, 5.74) is -0.840. The van der Waals surface area contributed by atoms with Gasteiger partial charge in [-0.3, -0.25) is 19.3 Å². The maximum atomic E-state index is 12.5. The highest BCUT2D eigenvalue weighted by atomic mass is 16.5. The number of nitrogens with zero attached hydrogens (tertiary/aromatic N) is 2. The quantitative estimate of drug-likeness (QED) is 0.590. The van der Waals surface area contributed by atoms with Crippen LogP contribution >= 0.6 is 0 Å². The Balaban J connectivity index is 1.49. The summed E-state index contributed by atoms with van der Waals surface area (Å²) in [6.07, 6.45) is 4.05. The molecule has 2 atom stereocenters. The second-order valence-corrected chi connectivity index (χ2v) is 8.02. The standard InChI is InChI=1S/C18H27N3O5/c1-12-7-13(2)9-20(8-12)14(22)11-26-15(23)10-21-16(24)18(19-17(21)25)5-3-4-6-18/h12-13H,3-11H2,1-2H3,(H,19,25)/t12-,13+. The van der Waals surface area contributed by atoms with Gasteiger partial charge in [-0.2, -0.15) is 0 Å². The summed E-state index contributed by atoms with van der Waals surface area (Å²) in [7, 11) is 0. The number of amides is 4. The fourth-order valence-electron chi connectivity index (χ4n) is 4.41. The summed E-state index contributed by atoms with van der Waals surface area (Å²) in [5, 5.41) is 2.72. The first kappa shape index (κ1) is 18.7. The number of esters is 1. The van der Waals surface area contributed by atoms with Gasteiger partial charge in [0.15, 0.2) is 6.61 Å². The van der Waals surface area contributed by atoms with Crippen LogP contribution in [-0.2, 0) is 19.1 Å². The zero-order valence-corrected chi connectivity index (χ0v) is 15.5. The molecule has 1 spiro atoms. The van der Waals surface area contributed by atoms with Crippen molar-refractivity contribution in [3.05, 3.63) is 0 Å². The van der Waals surface area contributed by atoms with Gasteiger partial charge in [-0.25, -0.2) is 4.79 Å². The van der Waals surface area contributed by atoms with E-state index in [0.29, 0.717) is 37.8 Å². The van der Waals surface area contributed by atoms with Crippen LogP contribution in [-0.4, -0.2) is 65.4 Å². The first-order valence-corrected chi connectivity index (χ1v) is 9.38. The average Bonchev–Trinajstić information content (AvgIpc) is 3.13. The van der Waals surface area contributed by atoms with E-state index in [-0.39, 0.29) is 18.4 Å². The minimum Gasteiger partial charge on any atom is -0.454 e. The molecule has 1 N–H and O–H groups in total. The van der Waals surface area contributed by atoms with Crippen molar-refractivity contribution in [1.82, 2.24) is 15.1 Å². The number of ether oxygens (including phenoxy) is 1. The number of hydrogen-bond acceptors (Lipinski definition) is 5. The second-order valence-electron chi connectivity index (χ2n) is 8.02. The van der Waals surface area contributed by atoms with Crippen LogP contribution in [0.3, 0.4) is 0 Å². The maximum absolute atomic E-state index is 12.5. The number of rotatable bonds is 4. The normalized spacial score (nSPS) is 27.8. The molecular formula is C18H27N3O5. The molecule has 3 rings (SSSR count). The first-order chi connectivity index (χ1) is 12.3. The number of urea groups is 1. The Bertz CT molecular complexity index is 604. The minimum absolute atomic E-state index is 0.235. The van der Waals surface area contributed by atoms with E-state index in [1.807, 2.05) is 0 Å². The zero-order valence-electron chi connectivity index (χ0n) is 15.5. The Hall–Kier alpha value is -2.12. The van der Waals surface area contributed by atoms with Crippen LogP contribution < -0.4 is 5.32 Å². The minimum atomic E-state index is -0.840. The Morgan fingerprint density at radius 1 is 1.15 bits per heavy atom. The van der Waals surface area contributed by atoms with Gasteiger partial charge in [-0.1, -0.05) is 26.7 Å². The third-order valence-electron chi connectivity index (χ3n) is 5.57. The number of likely N-dealkylation sites (tertiary alicyclic amines) is 1. The number of hydrogen-bond donors (Lipinski definition) is 1. The van der Waals surface area contributed by atoms with Crippen molar-refractivity contribution in [2.45, 2.75) is 51.5 Å². The van der Waals surface area contributed by atoms with Crippen molar-refractivity contribution >= 4 is 23.8 Å². The molecule has 2 aliphatic heterocycles. The molecule has 1 aliphatic carbocycles. The smallest absolute Gasteiger partial charge is 0.326 e. The van der Waals surface area contributed by atoms with E-state index in [1.165, 1.54) is 0 Å². The van der Waals surface area contributed by atoms with E-state index in [1.54, 1.807) is 4.90 Å². The molecule has 2 saturated heterocycles. The molecular weight excluding hydrogens is 338 g/mol. The van der Waals surface area contributed by atoms with Crippen molar-refractivity contribution in [3.63, 3.8) is 0 Å². The molecule has 0 aromatic heterocycles. The fraction of sp³-hybridized carbons (Fsp3) is 0.778. The highest BCUT2D eigenvalue weighted by Crippen LogP contribution is 2.34. The molecule has 3 aliphatic rings. The third-order valence-corrected chi connectivity index (χ3v) is 5.57. The number of carbonyl (C=O) groups is 4. The Kier molecular flexibility index (Phi) is 5.20. The first-order valence-electron chi connectivity index (χ1n) is 9.38. The van der Waals surface area contributed by atoms with Crippen LogP contribution in [0.1, 0.15) is 46.0 Å². The molecule has 1 saturated carbocycles. The molecule has 0 aromatic rings. The molecule has 8 nitrogen and oxygen atoms in total. The molecule has 0 radical (unpaired) electrons. The second kappa shape index (κ2) is 7.25. The van der Waals surface area contributed by atoms with Crippen LogP contribution in [0.25, 0.3) is 0 Å². The molecule has 0 bridgehead atoms. The van der Waals surface area contributed by atoms with Crippen molar-refractivity contribution in [3.8, 4) is 0 Å². The van der Waals surface area contributed by atoms with Gasteiger partial charge < -0.3 is 15.0 Å². The van der Waals surface area contributed by atoms with Gasteiger partial charge in [-0.05, 0) is 31.1 Å². The van der Waals surface area contributed by atoms with E-state index in [0.717, 1.165) is 24.2 Å². The third kappa shape index (κ3) is 3.68. The van der Waals surface area contributed by atoms with Crippen LogP contribution in [0.15, 0.2) is 0 Å². The van der Waals surface area contributed by atoms with Gasteiger partial charge in [0.1, 0.15) is 12.1 Å². The SMILES string of the molecule is C[C@@H]1C[C@H](C)CN(C(=O)COC(=O)CN2C(=O)NC3(CCCC3)C2=O)C1.